The van der Waals surface area contributed by atoms with Crippen molar-refractivity contribution in [2.75, 3.05) is 29.6 Å². The summed E-state index contributed by atoms with van der Waals surface area (Å²) in [4.78, 5) is 4.96. The van der Waals surface area contributed by atoms with Gasteiger partial charge in [-0.05, 0) is 92.4 Å². The minimum absolute atomic E-state index is 0.496. The lowest BCUT2D eigenvalue weighted by Crippen LogP contribution is -2.29. The maximum atomic E-state index is 7.57. The van der Waals surface area contributed by atoms with E-state index in [4.69, 9.17) is 23.2 Å². The van der Waals surface area contributed by atoms with Crippen LogP contribution in [0.2, 0.25) is 0 Å². The Labute approximate surface area is 285 Å². The van der Waals surface area contributed by atoms with Crippen LogP contribution in [0, 0.1) is 41.5 Å². The van der Waals surface area contributed by atoms with Crippen LogP contribution in [-0.4, -0.2) is 30.9 Å². The number of allylic oxidation sites excluding steroid dienone is 5. The minimum atomic E-state index is -2.06. The van der Waals surface area contributed by atoms with Crippen LogP contribution < -0.4 is 15.1 Å². The fraction of sp³-hybridized carbons (Fsp3) is 0.244. The standard InChI is InChI=1S/C41H43Cl2N2P/c1-27-22-29(3)39(30(4)23-27)44-20-21-45(40-31(5)24-28(2)25-32(40)6)41(44)35-18-19-36(38(43)37(35)42)46(7,34-16-12-9-13-17-34)26-33-14-10-8-11-15-33/h8-19,22-26,37H,20-21H2,1-7H3. The Morgan fingerprint density at radius 1 is 0.674 bits per heavy atom. The summed E-state index contributed by atoms with van der Waals surface area (Å²) in [6.07, 6.45) is 4.50. The van der Waals surface area contributed by atoms with Crippen LogP contribution in [0.4, 0.5) is 11.4 Å². The summed E-state index contributed by atoms with van der Waals surface area (Å²) in [5.41, 5.74) is 12.3. The smallest absolute Gasteiger partial charge is 0.118 e. The molecular weight excluding hydrogens is 622 g/mol. The van der Waals surface area contributed by atoms with Crippen LogP contribution >= 0.6 is 30.1 Å². The van der Waals surface area contributed by atoms with Gasteiger partial charge >= 0.3 is 0 Å². The third-order valence-corrected chi connectivity index (χ3v) is 14.0. The number of anilines is 2. The fourth-order valence-corrected chi connectivity index (χ4v) is 11.7. The molecule has 0 spiro atoms. The Morgan fingerprint density at radius 3 is 1.61 bits per heavy atom. The molecule has 2 aliphatic rings. The van der Waals surface area contributed by atoms with Crippen LogP contribution in [0.3, 0.4) is 0 Å². The molecule has 4 aromatic carbocycles. The lowest BCUT2D eigenvalue weighted by molar-refractivity contribution is 1.00. The molecular formula is C41H43Cl2N2P. The maximum Gasteiger partial charge on any atom is 0.118 e. The van der Waals surface area contributed by atoms with Crippen molar-refractivity contribution in [2.24, 2.45) is 0 Å². The Morgan fingerprint density at radius 2 is 1.13 bits per heavy atom. The van der Waals surface area contributed by atoms with Gasteiger partial charge in [-0.2, -0.15) is 0 Å². The third kappa shape index (κ3) is 5.93. The number of hydrogen-bond acceptors (Lipinski definition) is 2. The van der Waals surface area contributed by atoms with Gasteiger partial charge in [0.05, 0.1) is 5.38 Å². The van der Waals surface area contributed by atoms with Crippen molar-refractivity contribution >= 4 is 52.6 Å². The van der Waals surface area contributed by atoms with Crippen LogP contribution in [0.25, 0.3) is 0 Å². The van der Waals surface area contributed by atoms with Gasteiger partial charge in [-0.25, -0.2) is 0 Å². The molecule has 1 heterocycles. The predicted octanol–water partition coefficient (Wildman–Crippen LogP) is 10.5. The molecule has 6 rings (SSSR count). The van der Waals surface area contributed by atoms with Crippen LogP contribution in [0.1, 0.15) is 38.9 Å². The van der Waals surface area contributed by atoms with Crippen LogP contribution in [0.5, 0.6) is 0 Å². The normalized spacial score (nSPS) is 18.0. The van der Waals surface area contributed by atoms with Gasteiger partial charge in [0, 0.05) is 35.1 Å². The van der Waals surface area contributed by atoms with Crippen molar-refractivity contribution in [1.29, 1.82) is 0 Å². The number of benzene rings is 4. The zero-order valence-electron chi connectivity index (χ0n) is 27.9. The summed E-state index contributed by atoms with van der Waals surface area (Å²) >= 11 is 15.1. The van der Waals surface area contributed by atoms with Crippen LogP contribution in [-0.2, 0) is 0 Å². The van der Waals surface area contributed by atoms with Gasteiger partial charge in [0.25, 0.3) is 0 Å². The van der Waals surface area contributed by atoms with Crippen LogP contribution in [0.15, 0.2) is 119 Å². The Bertz CT molecular complexity index is 1840. The molecule has 0 bridgehead atoms. The van der Waals surface area contributed by atoms with Gasteiger partial charge in [-0.1, -0.05) is 127 Å². The lowest BCUT2D eigenvalue weighted by atomic mass is 10.0. The molecule has 236 valence electrons. The first-order valence-corrected chi connectivity index (χ1v) is 19.1. The Hall–Kier alpha value is -3.42. The molecule has 1 fully saturated rings. The average molecular weight is 666 g/mol. The highest BCUT2D eigenvalue weighted by Crippen LogP contribution is 2.57. The number of nitrogens with zero attached hydrogens (tertiary/aromatic N) is 2. The van der Waals surface area contributed by atoms with Crippen molar-refractivity contribution in [3.05, 3.63) is 158 Å². The summed E-state index contributed by atoms with van der Waals surface area (Å²) in [5, 5.41) is 2.61. The monoisotopic (exact) mass is 664 g/mol. The second-order valence-corrected chi connectivity index (χ2v) is 17.2. The van der Waals surface area contributed by atoms with Gasteiger partial charge in [0.1, 0.15) is 5.82 Å². The van der Waals surface area contributed by atoms with Gasteiger partial charge in [0.15, 0.2) is 0 Å². The van der Waals surface area contributed by atoms with E-state index in [1.54, 1.807) is 0 Å². The van der Waals surface area contributed by atoms with Gasteiger partial charge in [-0.15, -0.1) is 11.6 Å². The van der Waals surface area contributed by atoms with E-state index in [-0.39, 0.29) is 0 Å². The molecule has 5 heteroatoms. The Balaban J connectivity index is 1.57. The average Bonchev–Trinajstić information content (AvgIpc) is 3.41. The number of halogens is 2. The largest absolute Gasteiger partial charge is 0.325 e. The van der Waals surface area contributed by atoms with Gasteiger partial charge in [-0.3, -0.25) is 0 Å². The molecule has 0 radical (unpaired) electrons. The van der Waals surface area contributed by atoms with Crippen molar-refractivity contribution in [2.45, 2.75) is 46.9 Å². The number of rotatable bonds is 5. The number of hydrogen-bond donors (Lipinski definition) is 0. The van der Waals surface area contributed by atoms with E-state index >= 15 is 0 Å². The minimum Gasteiger partial charge on any atom is -0.325 e. The van der Waals surface area contributed by atoms with E-state index in [0.717, 1.165) is 29.8 Å². The molecule has 2 unspecified atom stereocenters. The van der Waals surface area contributed by atoms with Gasteiger partial charge in [0.2, 0.25) is 0 Å². The van der Waals surface area contributed by atoms with Crippen molar-refractivity contribution in [3.8, 4) is 0 Å². The van der Waals surface area contributed by atoms with Crippen molar-refractivity contribution in [3.63, 3.8) is 0 Å². The zero-order valence-corrected chi connectivity index (χ0v) is 30.3. The second kappa shape index (κ2) is 13.0. The lowest BCUT2D eigenvalue weighted by Gasteiger charge is -2.35. The van der Waals surface area contributed by atoms with E-state index < -0.39 is 12.3 Å². The highest BCUT2D eigenvalue weighted by molar-refractivity contribution is 7.85. The van der Waals surface area contributed by atoms with Crippen molar-refractivity contribution < 1.29 is 0 Å². The molecule has 1 aliphatic carbocycles. The molecule has 4 aromatic rings. The summed E-state index contributed by atoms with van der Waals surface area (Å²) in [6, 6.07) is 30.5. The molecule has 2 nitrogen and oxygen atoms in total. The first-order chi connectivity index (χ1) is 22.0. The highest BCUT2D eigenvalue weighted by atomic mass is 35.5. The molecule has 0 saturated carbocycles. The van der Waals surface area contributed by atoms with E-state index in [0.29, 0.717) is 5.03 Å². The summed E-state index contributed by atoms with van der Waals surface area (Å²) in [6.45, 7) is 15.2. The fourth-order valence-electron chi connectivity index (χ4n) is 7.52. The maximum absolute atomic E-state index is 7.57. The molecule has 1 saturated heterocycles. The van der Waals surface area contributed by atoms with E-state index in [1.807, 2.05) is 0 Å². The third-order valence-electron chi connectivity index (χ3n) is 9.29. The summed E-state index contributed by atoms with van der Waals surface area (Å²) in [7, 11) is 0. The van der Waals surface area contributed by atoms with E-state index in [1.165, 1.54) is 55.6 Å². The van der Waals surface area contributed by atoms with E-state index in [2.05, 4.69) is 161 Å². The quantitative estimate of drug-likeness (QED) is 0.155. The molecule has 2 atom stereocenters. The first kappa shape index (κ1) is 32.5. The van der Waals surface area contributed by atoms with E-state index in [9.17, 15) is 0 Å². The first-order valence-electron chi connectivity index (χ1n) is 16.0. The Kier molecular flexibility index (Phi) is 9.19. The number of aryl methyl sites for hydroxylation is 6. The predicted molar refractivity (Wildman–Crippen MR) is 205 cm³/mol. The molecule has 46 heavy (non-hydrogen) atoms. The molecule has 1 aliphatic heterocycles. The summed E-state index contributed by atoms with van der Waals surface area (Å²) < 4.78 is 0. The topological polar surface area (TPSA) is 6.48 Å². The summed E-state index contributed by atoms with van der Waals surface area (Å²) in [5.74, 6) is 3.53. The second-order valence-electron chi connectivity index (χ2n) is 13.0. The molecule has 0 amide bonds. The van der Waals surface area contributed by atoms with Gasteiger partial charge < -0.3 is 9.80 Å². The number of alkyl halides is 1. The molecule has 0 N–H and O–H groups in total. The highest BCUT2D eigenvalue weighted by Gasteiger charge is 2.37. The SMILES string of the molecule is Cc1cc(C)c(N2CCN(c3c(C)cc(C)cc3C)C2=C2C=CC(P(C)(=Cc3ccccc3)c3ccccc3)=C(Cl)C2Cl)c(C)c1. The molecule has 0 aromatic heterocycles. The van der Waals surface area contributed by atoms with Crippen molar-refractivity contribution in [1.82, 2.24) is 0 Å². The zero-order chi connectivity index (χ0) is 32.7.